The summed E-state index contributed by atoms with van der Waals surface area (Å²) in [4.78, 5) is 2.35. The van der Waals surface area contributed by atoms with Gasteiger partial charge in [-0.1, -0.05) is 17.7 Å². The summed E-state index contributed by atoms with van der Waals surface area (Å²) < 4.78 is 5.69. The number of nitrogens with one attached hydrogen (secondary N) is 1. The fraction of sp³-hybridized carbons (Fsp3) is 0.538. The normalized spacial score (nSPS) is 16.2. The molecular formula is C13H20N2O. The summed E-state index contributed by atoms with van der Waals surface area (Å²) in [5.74, 6) is 0.964. The van der Waals surface area contributed by atoms with E-state index in [4.69, 9.17) is 4.74 Å². The van der Waals surface area contributed by atoms with Crippen LogP contribution < -0.4 is 10.1 Å². The van der Waals surface area contributed by atoms with Crippen LogP contribution in [0, 0.1) is 6.92 Å². The van der Waals surface area contributed by atoms with Gasteiger partial charge in [0, 0.05) is 25.7 Å². The molecule has 0 unspecified atom stereocenters. The van der Waals surface area contributed by atoms with E-state index < -0.39 is 0 Å². The molecule has 0 amide bonds. The minimum absolute atomic E-state index is 0.696. The highest BCUT2D eigenvalue weighted by molar-refractivity contribution is 5.26. The Morgan fingerprint density at radius 2 is 2.00 bits per heavy atom. The third kappa shape index (κ3) is 2.97. The molecule has 1 saturated heterocycles. The Kier molecular flexibility index (Phi) is 3.80. The van der Waals surface area contributed by atoms with Crippen LogP contribution in [-0.4, -0.2) is 44.2 Å². The Bertz CT molecular complexity index is 319. The number of nitrogens with zero attached hydrogens (tertiary/aromatic N) is 1. The molecule has 1 fully saturated rings. The molecule has 1 heterocycles. The van der Waals surface area contributed by atoms with Gasteiger partial charge >= 0.3 is 0 Å². The summed E-state index contributed by atoms with van der Waals surface area (Å²) in [5, 5.41) is 3.27. The summed E-state index contributed by atoms with van der Waals surface area (Å²) in [5.41, 5.74) is 1.27. The Morgan fingerprint density at radius 1 is 1.31 bits per heavy atom. The third-order valence-corrected chi connectivity index (χ3v) is 3.12. The maximum absolute atomic E-state index is 5.69. The Hall–Kier alpha value is -1.06. The molecule has 1 aliphatic rings. The van der Waals surface area contributed by atoms with E-state index in [0.29, 0.717) is 6.04 Å². The molecule has 3 heteroatoms. The molecule has 1 N–H and O–H groups in total. The largest absolute Gasteiger partial charge is 0.492 e. The summed E-state index contributed by atoms with van der Waals surface area (Å²) in [7, 11) is 2.16. The van der Waals surface area contributed by atoms with E-state index in [2.05, 4.69) is 36.3 Å². The van der Waals surface area contributed by atoms with Crippen molar-refractivity contribution >= 4 is 0 Å². The molecule has 1 aliphatic heterocycles. The van der Waals surface area contributed by atoms with Crippen molar-refractivity contribution in [1.29, 1.82) is 0 Å². The predicted molar refractivity (Wildman–Crippen MR) is 66.0 cm³/mol. The smallest absolute Gasteiger partial charge is 0.119 e. The topological polar surface area (TPSA) is 24.5 Å². The van der Waals surface area contributed by atoms with Crippen molar-refractivity contribution in [2.24, 2.45) is 0 Å². The maximum atomic E-state index is 5.69. The van der Waals surface area contributed by atoms with Crippen LogP contribution in [0.2, 0.25) is 0 Å². The standard InChI is InChI=1S/C13H20N2O/c1-11-3-5-13(6-4-11)16-8-7-15(2)12-9-14-10-12/h3-6,12,14H,7-10H2,1-2H3. The quantitative estimate of drug-likeness (QED) is 0.809. The van der Waals surface area contributed by atoms with Crippen LogP contribution in [0.5, 0.6) is 5.75 Å². The lowest BCUT2D eigenvalue weighted by atomic mass is 10.1. The van der Waals surface area contributed by atoms with E-state index in [9.17, 15) is 0 Å². The first-order valence-corrected chi connectivity index (χ1v) is 5.86. The van der Waals surface area contributed by atoms with E-state index in [-0.39, 0.29) is 0 Å². The molecule has 16 heavy (non-hydrogen) atoms. The zero-order chi connectivity index (χ0) is 11.4. The van der Waals surface area contributed by atoms with E-state index >= 15 is 0 Å². The molecule has 0 spiro atoms. The van der Waals surface area contributed by atoms with Crippen LogP contribution in [0.4, 0.5) is 0 Å². The van der Waals surface area contributed by atoms with E-state index in [1.165, 1.54) is 5.56 Å². The van der Waals surface area contributed by atoms with Gasteiger partial charge in [-0.05, 0) is 26.1 Å². The molecule has 0 aliphatic carbocycles. The highest BCUT2D eigenvalue weighted by atomic mass is 16.5. The second kappa shape index (κ2) is 5.32. The second-order valence-corrected chi connectivity index (χ2v) is 4.45. The van der Waals surface area contributed by atoms with Crippen LogP contribution in [-0.2, 0) is 0 Å². The molecule has 0 saturated carbocycles. The number of aryl methyl sites for hydroxylation is 1. The molecular weight excluding hydrogens is 200 g/mol. The Labute approximate surface area is 97.4 Å². The average molecular weight is 220 g/mol. The molecule has 0 aromatic heterocycles. The highest BCUT2D eigenvalue weighted by Crippen LogP contribution is 2.11. The van der Waals surface area contributed by atoms with Crippen molar-refractivity contribution in [3.63, 3.8) is 0 Å². The SMILES string of the molecule is Cc1ccc(OCCN(C)C2CNC2)cc1. The molecule has 0 bridgehead atoms. The van der Waals surface area contributed by atoms with Gasteiger partial charge in [-0.15, -0.1) is 0 Å². The van der Waals surface area contributed by atoms with Gasteiger partial charge in [0.25, 0.3) is 0 Å². The minimum Gasteiger partial charge on any atom is -0.492 e. The van der Waals surface area contributed by atoms with Gasteiger partial charge in [-0.2, -0.15) is 0 Å². The third-order valence-electron chi connectivity index (χ3n) is 3.12. The first-order chi connectivity index (χ1) is 7.75. The molecule has 3 nitrogen and oxygen atoms in total. The van der Waals surface area contributed by atoms with E-state index in [0.717, 1.165) is 32.0 Å². The van der Waals surface area contributed by atoms with Crippen molar-refractivity contribution in [3.05, 3.63) is 29.8 Å². The van der Waals surface area contributed by atoms with Gasteiger partial charge in [0.2, 0.25) is 0 Å². The van der Waals surface area contributed by atoms with Gasteiger partial charge in [0.05, 0.1) is 0 Å². The monoisotopic (exact) mass is 220 g/mol. The van der Waals surface area contributed by atoms with E-state index in [1.54, 1.807) is 0 Å². The Morgan fingerprint density at radius 3 is 2.56 bits per heavy atom. The number of hydrogen-bond donors (Lipinski definition) is 1. The molecule has 1 aromatic carbocycles. The van der Waals surface area contributed by atoms with Gasteiger partial charge in [-0.3, -0.25) is 4.90 Å². The number of hydrogen-bond acceptors (Lipinski definition) is 3. The average Bonchev–Trinajstić information content (AvgIpc) is 2.18. The lowest BCUT2D eigenvalue weighted by Crippen LogP contribution is -2.56. The molecule has 0 atom stereocenters. The number of rotatable bonds is 5. The van der Waals surface area contributed by atoms with Crippen molar-refractivity contribution in [2.75, 3.05) is 33.3 Å². The maximum Gasteiger partial charge on any atom is 0.119 e. The first-order valence-electron chi connectivity index (χ1n) is 5.86. The zero-order valence-electron chi connectivity index (χ0n) is 10.1. The van der Waals surface area contributed by atoms with Crippen molar-refractivity contribution in [2.45, 2.75) is 13.0 Å². The van der Waals surface area contributed by atoms with Crippen molar-refractivity contribution in [1.82, 2.24) is 10.2 Å². The fourth-order valence-electron chi connectivity index (χ4n) is 1.71. The van der Waals surface area contributed by atoms with E-state index in [1.807, 2.05) is 12.1 Å². The predicted octanol–water partition coefficient (Wildman–Crippen LogP) is 1.28. The molecule has 1 aromatic rings. The van der Waals surface area contributed by atoms with Crippen LogP contribution in [0.15, 0.2) is 24.3 Å². The second-order valence-electron chi connectivity index (χ2n) is 4.45. The van der Waals surface area contributed by atoms with Gasteiger partial charge < -0.3 is 10.1 Å². The van der Waals surface area contributed by atoms with Crippen molar-refractivity contribution < 1.29 is 4.74 Å². The van der Waals surface area contributed by atoms with Crippen LogP contribution in [0.25, 0.3) is 0 Å². The molecule has 0 radical (unpaired) electrons. The fourth-order valence-corrected chi connectivity index (χ4v) is 1.71. The number of likely N-dealkylation sites (N-methyl/N-ethyl adjacent to an activating group) is 1. The minimum atomic E-state index is 0.696. The van der Waals surface area contributed by atoms with Crippen LogP contribution in [0.1, 0.15) is 5.56 Å². The van der Waals surface area contributed by atoms with Gasteiger partial charge in [-0.25, -0.2) is 0 Å². The van der Waals surface area contributed by atoms with Gasteiger partial charge in [0.1, 0.15) is 12.4 Å². The van der Waals surface area contributed by atoms with Crippen LogP contribution >= 0.6 is 0 Å². The Balaban J connectivity index is 1.69. The zero-order valence-corrected chi connectivity index (χ0v) is 10.1. The van der Waals surface area contributed by atoms with Crippen LogP contribution in [0.3, 0.4) is 0 Å². The number of benzene rings is 1. The highest BCUT2D eigenvalue weighted by Gasteiger charge is 2.20. The number of ether oxygens (including phenoxy) is 1. The van der Waals surface area contributed by atoms with Crippen molar-refractivity contribution in [3.8, 4) is 5.75 Å². The lowest BCUT2D eigenvalue weighted by molar-refractivity contribution is 0.151. The van der Waals surface area contributed by atoms with Gasteiger partial charge in [0.15, 0.2) is 0 Å². The summed E-state index contributed by atoms with van der Waals surface area (Å²) in [6.45, 7) is 6.06. The molecule has 2 rings (SSSR count). The first kappa shape index (κ1) is 11.4. The summed E-state index contributed by atoms with van der Waals surface area (Å²) in [6.07, 6.45) is 0. The summed E-state index contributed by atoms with van der Waals surface area (Å²) >= 11 is 0. The lowest BCUT2D eigenvalue weighted by Gasteiger charge is -2.35. The summed E-state index contributed by atoms with van der Waals surface area (Å²) in [6, 6.07) is 8.91. The molecule has 88 valence electrons.